The van der Waals surface area contributed by atoms with Crippen molar-refractivity contribution in [1.29, 1.82) is 0 Å². The van der Waals surface area contributed by atoms with Gasteiger partial charge in [-0.2, -0.15) is 0 Å². The molecule has 23 heavy (non-hydrogen) atoms. The number of sulfonamides is 1. The van der Waals surface area contributed by atoms with Crippen LogP contribution in [0.15, 0.2) is 41.3 Å². The van der Waals surface area contributed by atoms with Gasteiger partial charge in [0.15, 0.2) is 0 Å². The molecule has 0 atom stereocenters. The lowest BCUT2D eigenvalue weighted by Gasteiger charge is -2.13. The van der Waals surface area contributed by atoms with Crippen LogP contribution >= 0.6 is 0 Å². The minimum atomic E-state index is -3.66. The number of hydrogen-bond donors (Lipinski definition) is 1. The molecule has 0 fully saturated rings. The zero-order valence-electron chi connectivity index (χ0n) is 13.7. The van der Waals surface area contributed by atoms with Crippen LogP contribution in [-0.2, 0) is 10.0 Å². The van der Waals surface area contributed by atoms with Crippen molar-refractivity contribution >= 4 is 15.7 Å². The summed E-state index contributed by atoms with van der Waals surface area (Å²) in [5, 5.41) is 0. The molecule has 0 saturated heterocycles. The quantitative estimate of drug-likeness (QED) is 0.877. The van der Waals surface area contributed by atoms with Crippen LogP contribution in [-0.4, -0.2) is 22.1 Å². The summed E-state index contributed by atoms with van der Waals surface area (Å²) in [7, 11) is -2.10. The third-order valence-electron chi connectivity index (χ3n) is 3.40. The zero-order valence-corrected chi connectivity index (χ0v) is 14.5. The molecule has 0 unspecified atom stereocenters. The SMILES string of the molecule is CCOc1ccc(NS(=O)(=O)c2cc(C)c(OC)cc2C)cc1. The van der Waals surface area contributed by atoms with E-state index < -0.39 is 10.0 Å². The maximum atomic E-state index is 12.6. The largest absolute Gasteiger partial charge is 0.496 e. The number of hydrogen-bond acceptors (Lipinski definition) is 4. The lowest BCUT2D eigenvalue weighted by atomic mass is 10.1. The summed E-state index contributed by atoms with van der Waals surface area (Å²) < 4.78 is 38.4. The minimum Gasteiger partial charge on any atom is -0.496 e. The predicted molar refractivity (Wildman–Crippen MR) is 90.9 cm³/mol. The van der Waals surface area contributed by atoms with Crippen molar-refractivity contribution in [3.05, 3.63) is 47.5 Å². The van der Waals surface area contributed by atoms with Crippen LogP contribution in [0.1, 0.15) is 18.1 Å². The standard InChI is InChI=1S/C17H21NO4S/c1-5-22-15-8-6-14(7-9-15)18-23(19,20)17-11-12(2)16(21-4)10-13(17)3/h6-11,18H,5H2,1-4H3. The molecule has 0 amide bonds. The molecule has 0 saturated carbocycles. The van der Waals surface area contributed by atoms with Gasteiger partial charge >= 0.3 is 0 Å². The Hall–Kier alpha value is -2.21. The number of nitrogens with one attached hydrogen (secondary N) is 1. The van der Waals surface area contributed by atoms with Gasteiger partial charge in [-0.15, -0.1) is 0 Å². The van der Waals surface area contributed by atoms with Gasteiger partial charge in [0.25, 0.3) is 10.0 Å². The summed E-state index contributed by atoms with van der Waals surface area (Å²) >= 11 is 0. The van der Waals surface area contributed by atoms with Crippen molar-refractivity contribution < 1.29 is 17.9 Å². The summed E-state index contributed by atoms with van der Waals surface area (Å²) in [4.78, 5) is 0.240. The molecule has 0 aliphatic carbocycles. The second-order valence-corrected chi connectivity index (χ2v) is 6.80. The Balaban J connectivity index is 2.30. The van der Waals surface area contributed by atoms with E-state index in [-0.39, 0.29) is 4.90 Å². The van der Waals surface area contributed by atoms with Gasteiger partial charge in [0.05, 0.1) is 18.6 Å². The molecule has 124 valence electrons. The fourth-order valence-corrected chi connectivity index (χ4v) is 3.64. The Kier molecular flexibility index (Phi) is 5.15. The molecule has 0 aliphatic heterocycles. The van der Waals surface area contributed by atoms with Gasteiger partial charge in [0, 0.05) is 5.69 Å². The number of methoxy groups -OCH3 is 1. The highest BCUT2D eigenvalue weighted by molar-refractivity contribution is 7.92. The molecule has 2 aromatic carbocycles. The highest BCUT2D eigenvalue weighted by Crippen LogP contribution is 2.27. The second-order valence-electron chi connectivity index (χ2n) is 5.15. The van der Waals surface area contributed by atoms with E-state index in [1.54, 1.807) is 50.4 Å². The molecular weight excluding hydrogens is 314 g/mol. The number of ether oxygens (including phenoxy) is 2. The number of aryl methyl sites for hydroxylation is 2. The van der Waals surface area contributed by atoms with Crippen LogP contribution in [0.3, 0.4) is 0 Å². The van der Waals surface area contributed by atoms with Crippen molar-refractivity contribution in [2.24, 2.45) is 0 Å². The maximum absolute atomic E-state index is 12.6. The third-order valence-corrected chi connectivity index (χ3v) is 4.92. The molecule has 0 aromatic heterocycles. The molecule has 1 N–H and O–H groups in total. The lowest BCUT2D eigenvalue weighted by Crippen LogP contribution is -2.14. The molecular formula is C17H21NO4S. The molecule has 2 rings (SSSR count). The summed E-state index contributed by atoms with van der Waals surface area (Å²) in [5.41, 5.74) is 1.89. The Labute approximate surface area is 137 Å². The molecule has 2 aromatic rings. The second kappa shape index (κ2) is 6.91. The van der Waals surface area contributed by atoms with Crippen LogP contribution in [0.5, 0.6) is 11.5 Å². The Morgan fingerprint density at radius 2 is 1.70 bits per heavy atom. The topological polar surface area (TPSA) is 64.6 Å². The first kappa shape index (κ1) is 17.1. The van der Waals surface area contributed by atoms with Gasteiger partial charge in [-0.05, 0) is 68.3 Å². The first-order chi connectivity index (χ1) is 10.9. The summed E-state index contributed by atoms with van der Waals surface area (Å²) in [5.74, 6) is 1.37. The van der Waals surface area contributed by atoms with Gasteiger partial charge in [-0.3, -0.25) is 4.72 Å². The molecule has 0 radical (unpaired) electrons. The molecule has 0 heterocycles. The van der Waals surface area contributed by atoms with E-state index in [0.717, 1.165) is 5.56 Å². The fraction of sp³-hybridized carbons (Fsp3) is 0.294. The van der Waals surface area contributed by atoms with Crippen molar-refractivity contribution in [1.82, 2.24) is 0 Å². The average molecular weight is 335 g/mol. The van der Waals surface area contributed by atoms with Crippen LogP contribution in [0, 0.1) is 13.8 Å². The van der Waals surface area contributed by atoms with E-state index in [4.69, 9.17) is 9.47 Å². The van der Waals surface area contributed by atoms with Gasteiger partial charge in [-0.25, -0.2) is 8.42 Å². The zero-order chi connectivity index (χ0) is 17.0. The van der Waals surface area contributed by atoms with E-state index in [1.165, 1.54) is 0 Å². The first-order valence-electron chi connectivity index (χ1n) is 7.28. The van der Waals surface area contributed by atoms with Crippen molar-refractivity contribution in [3.63, 3.8) is 0 Å². The first-order valence-corrected chi connectivity index (χ1v) is 8.76. The maximum Gasteiger partial charge on any atom is 0.262 e. The molecule has 5 nitrogen and oxygen atoms in total. The number of rotatable bonds is 6. The summed E-state index contributed by atoms with van der Waals surface area (Å²) in [6, 6.07) is 10.1. The predicted octanol–water partition coefficient (Wildman–Crippen LogP) is 3.51. The monoisotopic (exact) mass is 335 g/mol. The Bertz CT molecular complexity index is 783. The smallest absolute Gasteiger partial charge is 0.262 e. The average Bonchev–Trinajstić information content (AvgIpc) is 2.51. The summed E-state index contributed by atoms with van der Waals surface area (Å²) in [6.07, 6.45) is 0. The minimum absolute atomic E-state index is 0.240. The van der Waals surface area contributed by atoms with Crippen molar-refractivity contribution in [2.45, 2.75) is 25.7 Å². The Morgan fingerprint density at radius 3 is 2.26 bits per heavy atom. The molecule has 0 bridgehead atoms. The van der Waals surface area contributed by atoms with Crippen molar-refractivity contribution in [3.8, 4) is 11.5 Å². The van der Waals surface area contributed by atoms with E-state index >= 15 is 0 Å². The molecule has 0 spiro atoms. The van der Waals surface area contributed by atoms with E-state index in [2.05, 4.69) is 4.72 Å². The number of anilines is 1. The Morgan fingerprint density at radius 1 is 1.04 bits per heavy atom. The van der Waals surface area contributed by atoms with Gasteiger partial charge in [-0.1, -0.05) is 0 Å². The van der Waals surface area contributed by atoms with Crippen LogP contribution in [0.4, 0.5) is 5.69 Å². The van der Waals surface area contributed by atoms with Crippen LogP contribution < -0.4 is 14.2 Å². The number of benzene rings is 2. The van der Waals surface area contributed by atoms with E-state index in [0.29, 0.717) is 29.4 Å². The van der Waals surface area contributed by atoms with Crippen LogP contribution in [0.25, 0.3) is 0 Å². The fourth-order valence-electron chi connectivity index (χ4n) is 2.27. The van der Waals surface area contributed by atoms with E-state index in [9.17, 15) is 8.42 Å². The summed E-state index contributed by atoms with van der Waals surface area (Å²) in [6.45, 7) is 6.02. The lowest BCUT2D eigenvalue weighted by molar-refractivity contribution is 0.340. The third kappa shape index (κ3) is 3.96. The van der Waals surface area contributed by atoms with Gasteiger partial charge in [0.1, 0.15) is 11.5 Å². The highest BCUT2D eigenvalue weighted by atomic mass is 32.2. The van der Waals surface area contributed by atoms with Gasteiger partial charge in [0.2, 0.25) is 0 Å². The molecule has 6 heteroatoms. The van der Waals surface area contributed by atoms with Crippen molar-refractivity contribution in [2.75, 3.05) is 18.4 Å². The molecule has 0 aliphatic rings. The van der Waals surface area contributed by atoms with Crippen LogP contribution in [0.2, 0.25) is 0 Å². The van der Waals surface area contributed by atoms with Gasteiger partial charge < -0.3 is 9.47 Å². The normalized spacial score (nSPS) is 11.1. The highest BCUT2D eigenvalue weighted by Gasteiger charge is 2.19. The van der Waals surface area contributed by atoms with E-state index in [1.807, 2.05) is 13.8 Å².